The summed E-state index contributed by atoms with van der Waals surface area (Å²) in [6.45, 7) is 2.31. The van der Waals surface area contributed by atoms with Crippen LogP contribution in [0.15, 0.2) is 30.3 Å². The number of guanidine groups is 1. The fourth-order valence-electron chi connectivity index (χ4n) is 2.82. The van der Waals surface area contributed by atoms with Gasteiger partial charge < -0.3 is 11.1 Å². The Kier molecular flexibility index (Phi) is 3.22. The zero-order valence-corrected chi connectivity index (χ0v) is 12.3. The van der Waals surface area contributed by atoms with Gasteiger partial charge in [-0.1, -0.05) is 37.3 Å². The molecule has 2 aromatic rings. The summed E-state index contributed by atoms with van der Waals surface area (Å²) < 4.78 is 0. The van der Waals surface area contributed by atoms with Crippen LogP contribution in [-0.2, 0) is 18.3 Å². The Morgan fingerprint density at radius 2 is 2.15 bits per heavy atom. The molecule has 1 heterocycles. The highest BCUT2D eigenvalue weighted by Gasteiger charge is 2.33. The van der Waals surface area contributed by atoms with E-state index in [0.29, 0.717) is 0 Å². The van der Waals surface area contributed by atoms with Crippen molar-refractivity contribution >= 4 is 22.4 Å². The average molecular weight is 286 g/mol. The van der Waals surface area contributed by atoms with E-state index in [9.17, 15) is 0 Å². The molecule has 4 nitrogen and oxygen atoms in total. The highest BCUT2D eigenvalue weighted by Crippen LogP contribution is 2.40. The average Bonchev–Trinajstić information content (AvgIpc) is 2.80. The molecule has 1 atom stereocenters. The number of hydrogen-bond donors (Lipinski definition) is 3. The second-order valence-corrected chi connectivity index (χ2v) is 6.61. The molecule has 0 saturated heterocycles. The van der Waals surface area contributed by atoms with Gasteiger partial charge in [-0.2, -0.15) is 0 Å². The van der Waals surface area contributed by atoms with Gasteiger partial charge in [0.25, 0.3) is 0 Å². The van der Waals surface area contributed by atoms with Crippen LogP contribution >= 0.6 is 11.3 Å². The second kappa shape index (κ2) is 4.90. The van der Waals surface area contributed by atoms with Crippen molar-refractivity contribution in [3.05, 3.63) is 46.5 Å². The molecule has 0 spiro atoms. The Bertz CT molecular complexity index is 635. The molecule has 5 heteroatoms. The van der Waals surface area contributed by atoms with Crippen molar-refractivity contribution in [1.29, 1.82) is 5.41 Å². The van der Waals surface area contributed by atoms with Crippen molar-refractivity contribution in [3.8, 4) is 0 Å². The zero-order chi connectivity index (χ0) is 14.2. The van der Waals surface area contributed by atoms with Crippen LogP contribution in [0.5, 0.6) is 0 Å². The van der Waals surface area contributed by atoms with Crippen LogP contribution in [-0.4, -0.2) is 10.9 Å². The monoisotopic (exact) mass is 286 g/mol. The van der Waals surface area contributed by atoms with E-state index in [-0.39, 0.29) is 11.4 Å². The molecule has 0 aliphatic heterocycles. The highest BCUT2D eigenvalue weighted by atomic mass is 32.1. The lowest BCUT2D eigenvalue weighted by Crippen LogP contribution is -2.29. The van der Waals surface area contributed by atoms with E-state index in [4.69, 9.17) is 11.1 Å². The number of fused-ring (bicyclic) bond motifs is 1. The molecule has 104 valence electrons. The summed E-state index contributed by atoms with van der Waals surface area (Å²) >= 11 is 1.62. The fraction of sp³-hybridized carbons (Fsp3) is 0.333. The third-order valence-corrected chi connectivity index (χ3v) is 5.02. The van der Waals surface area contributed by atoms with Gasteiger partial charge in [-0.05, 0) is 23.8 Å². The van der Waals surface area contributed by atoms with Crippen LogP contribution in [0.4, 0.5) is 5.13 Å². The number of benzene rings is 1. The van der Waals surface area contributed by atoms with E-state index in [1.54, 1.807) is 11.3 Å². The molecule has 20 heavy (non-hydrogen) atoms. The summed E-state index contributed by atoms with van der Waals surface area (Å²) in [5.74, 6) is -0.0538. The summed E-state index contributed by atoms with van der Waals surface area (Å²) in [5.41, 5.74) is 8.04. The molecule has 0 fully saturated rings. The van der Waals surface area contributed by atoms with Gasteiger partial charge in [0, 0.05) is 11.3 Å². The number of nitrogens with one attached hydrogen (secondary N) is 2. The number of rotatable bonds is 2. The Balaban J connectivity index is 1.88. The summed E-state index contributed by atoms with van der Waals surface area (Å²) in [6.07, 6.45) is 3.12. The smallest absolute Gasteiger partial charge is 0.192 e. The van der Waals surface area contributed by atoms with Crippen molar-refractivity contribution in [2.75, 3.05) is 5.32 Å². The van der Waals surface area contributed by atoms with Gasteiger partial charge >= 0.3 is 0 Å². The van der Waals surface area contributed by atoms with E-state index in [1.165, 1.54) is 10.4 Å². The molecule has 0 saturated carbocycles. The molecule has 0 radical (unpaired) electrons. The number of nitrogens with zero attached hydrogens (tertiary/aromatic N) is 1. The molecular formula is C15H18N4S. The van der Waals surface area contributed by atoms with E-state index >= 15 is 0 Å². The van der Waals surface area contributed by atoms with Crippen molar-refractivity contribution in [2.45, 2.75) is 31.6 Å². The predicted octanol–water partition coefficient (Wildman–Crippen LogP) is 2.90. The molecule has 4 N–H and O–H groups in total. The number of hydrogen-bond acceptors (Lipinski definition) is 3. The molecule has 0 unspecified atom stereocenters. The number of aromatic nitrogens is 1. The first-order valence-corrected chi connectivity index (χ1v) is 7.54. The van der Waals surface area contributed by atoms with Crippen LogP contribution in [0.1, 0.15) is 29.5 Å². The molecule has 0 amide bonds. The van der Waals surface area contributed by atoms with Gasteiger partial charge in [0.05, 0.1) is 5.69 Å². The Morgan fingerprint density at radius 3 is 2.85 bits per heavy atom. The van der Waals surface area contributed by atoms with Gasteiger partial charge in [0.2, 0.25) is 0 Å². The lowest BCUT2D eigenvalue weighted by atomic mass is 9.72. The standard InChI is InChI=1S/C15H18N4S/c1-15(10-5-3-2-4-6-10)8-7-12-11(9-15)18-14(20-12)19-13(16)17/h2-6H,7-9H2,1H3,(H4,16,17,18,19)/t15-/m1/s1. The Labute approximate surface area is 122 Å². The van der Waals surface area contributed by atoms with Crippen molar-refractivity contribution in [3.63, 3.8) is 0 Å². The van der Waals surface area contributed by atoms with Gasteiger partial charge in [0.15, 0.2) is 11.1 Å². The van der Waals surface area contributed by atoms with E-state index in [1.807, 2.05) is 0 Å². The lowest BCUT2D eigenvalue weighted by molar-refractivity contribution is 0.407. The summed E-state index contributed by atoms with van der Waals surface area (Å²) in [4.78, 5) is 5.92. The van der Waals surface area contributed by atoms with Gasteiger partial charge in [-0.3, -0.25) is 5.41 Å². The maximum atomic E-state index is 7.29. The first kappa shape index (κ1) is 13.1. The Morgan fingerprint density at radius 1 is 1.40 bits per heavy atom. The molecule has 1 aliphatic rings. The Hall–Kier alpha value is -1.88. The van der Waals surface area contributed by atoms with Crippen LogP contribution in [0.25, 0.3) is 0 Å². The van der Waals surface area contributed by atoms with Crippen molar-refractivity contribution in [1.82, 2.24) is 4.98 Å². The summed E-state index contributed by atoms with van der Waals surface area (Å²) in [6, 6.07) is 10.6. The predicted molar refractivity (Wildman–Crippen MR) is 83.5 cm³/mol. The van der Waals surface area contributed by atoms with Gasteiger partial charge in [-0.25, -0.2) is 4.98 Å². The second-order valence-electron chi connectivity index (χ2n) is 5.53. The third-order valence-electron chi connectivity index (χ3n) is 3.95. The van der Waals surface area contributed by atoms with Gasteiger partial charge in [-0.15, -0.1) is 11.3 Å². The van der Waals surface area contributed by atoms with Gasteiger partial charge in [0.1, 0.15) is 0 Å². The molecule has 1 aromatic carbocycles. The van der Waals surface area contributed by atoms with Crippen LogP contribution in [0, 0.1) is 5.41 Å². The van der Waals surface area contributed by atoms with Crippen LogP contribution in [0.2, 0.25) is 0 Å². The van der Waals surface area contributed by atoms with E-state index < -0.39 is 0 Å². The minimum atomic E-state index is -0.0538. The highest BCUT2D eigenvalue weighted by molar-refractivity contribution is 7.15. The first-order valence-electron chi connectivity index (χ1n) is 6.72. The summed E-state index contributed by atoms with van der Waals surface area (Å²) in [5, 5.41) is 10.8. The zero-order valence-electron chi connectivity index (χ0n) is 11.4. The lowest BCUT2D eigenvalue weighted by Gasteiger charge is -2.33. The number of thiazole rings is 1. The minimum Gasteiger partial charge on any atom is -0.370 e. The van der Waals surface area contributed by atoms with Crippen molar-refractivity contribution in [2.24, 2.45) is 5.73 Å². The van der Waals surface area contributed by atoms with Crippen LogP contribution in [0.3, 0.4) is 0 Å². The summed E-state index contributed by atoms with van der Waals surface area (Å²) in [7, 11) is 0. The van der Waals surface area contributed by atoms with Crippen molar-refractivity contribution < 1.29 is 0 Å². The molecular weight excluding hydrogens is 268 g/mol. The number of nitrogens with two attached hydrogens (primary N) is 1. The third kappa shape index (κ3) is 2.41. The molecule has 1 aliphatic carbocycles. The molecule has 3 rings (SSSR count). The SMILES string of the molecule is C[C@@]1(c2ccccc2)CCc2sc(NC(=N)N)nc2C1. The molecule has 1 aromatic heterocycles. The fourth-order valence-corrected chi connectivity index (χ4v) is 3.81. The number of anilines is 1. The maximum Gasteiger partial charge on any atom is 0.192 e. The molecule has 0 bridgehead atoms. The largest absolute Gasteiger partial charge is 0.370 e. The first-order chi connectivity index (χ1) is 9.57. The van der Waals surface area contributed by atoms with E-state index in [2.05, 4.69) is 47.6 Å². The quantitative estimate of drug-likeness (QED) is 0.587. The topological polar surface area (TPSA) is 74.8 Å². The maximum absolute atomic E-state index is 7.29. The van der Waals surface area contributed by atoms with E-state index in [0.717, 1.165) is 30.1 Å². The number of aryl methyl sites for hydroxylation is 1. The normalized spacial score (nSPS) is 21.2. The van der Waals surface area contributed by atoms with Crippen LogP contribution < -0.4 is 11.1 Å². The minimum absolute atomic E-state index is 0.0538.